The second kappa shape index (κ2) is 9.43. The van der Waals surface area contributed by atoms with E-state index in [2.05, 4.69) is 128 Å². The average Bonchev–Trinajstić information content (AvgIpc) is 3.69. The number of anilines is 3. The first-order chi connectivity index (χ1) is 16.9. The minimum atomic E-state index is 1.14. The Labute approximate surface area is 211 Å². The van der Waals surface area contributed by atoms with Gasteiger partial charge in [0.15, 0.2) is 0 Å². The fourth-order valence-corrected chi connectivity index (χ4v) is 6.37. The van der Waals surface area contributed by atoms with Crippen molar-refractivity contribution in [3.8, 4) is 33.4 Å². The molecule has 0 atom stereocenters. The Kier molecular flexibility index (Phi) is 5.86. The Bertz CT molecular complexity index is 1430. The lowest BCUT2D eigenvalue weighted by Crippen LogP contribution is -2.11. The Balaban J connectivity index is 1.71. The summed E-state index contributed by atoms with van der Waals surface area (Å²) in [5, 5.41) is 13.3. The zero-order valence-corrected chi connectivity index (χ0v) is 20.7. The van der Waals surface area contributed by atoms with Crippen molar-refractivity contribution in [2.24, 2.45) is 0 Å². The highest BCUT2D eigenvalue weighted by Gasteiger charge is 2.23. The van der Waals surface area contributed by atoms with Crippen LogP contribution in [-0.4, -0.2) is 0 Å². The predicted molar refractivity (Wildman–Crippen MR) is 151 cm³/mol. The molecule has 3 aromatic carbocycles. The van der Waals surface area contributed by atoms with Crippen molar-refractivity contribution < 1.29 is 0 Å². The lowest BCUT2D eigenvalue weighted by atomic mass is 9.88. The highest BCUT2D eigenvalue weighted by molar-refractivity contribution is 7.08. The highest BCUT2D eigenvalue weighted by atomic mass is 32.1. The van der Waals surface area contributed by atoms with Crippen molar-refractivity contribution >= 4 is 51.1 Å². The smallest absolute Gasteiger partial charge is 0.0547 e. The second-order valence-corrected chi connectivity index (χ2v) is 10.3. The zero-order chi connectivity index (χ0) is 22.7. The molecule has 0 radical (unpaired) electrons. The van der Waals surface area contributed by atoms with E-state index in [1.807, 2.05) is 0 Å². The van der Waals surface area contributed by atoms with Crippen LogP contribution in [0.1, 0.15) is 0 Å². The molecule has 0 unspecified atom stereocenters. The topological polar surface area (TPSA) is 3.24 Å². The van der Waals surface area contributed by atoms with Crippen molar-refractivity contribution in [3.05, 3.63) is 123 Å². The molecule has 3 aromatic heterocycles. The first kappa shape index (κ1) is 21.1. The molecular weight excluding hydrogens is 471 g/mol. The molecule has 164 valence electrons. The Hall–Kier alpha value is -3.44. The van der Waals surface area contributed by atoms with E-state index in [9.17, 15) is 0 Å². The molecular formula is C30H21NS3. The lowest BCUT2D eigenvalue weighted by molar-refractivity contribution is 1.28. The fourth-order valence-electron chi connectivity index (χ4n) is 4.42. The molecule has 0 amide bonds. The van der Waals surface area contributed by atoms with E-state index in [4.69, 9.17) is 0 Å². The van der Waals surface area contributed by atoms with Crippen LogP contribution in [0, 0.1) is 0 Å². The molecule has 6 rings (SSSR count). The third kappa shape index (κ3) is 3.90. The van der Waals surface area contributed by atoms with Gasteiger partial charge in [-0.2, -0.15) is 34.0 Å². The van der Waals surface area contributed by atoms with Crippen molar-refractivity contribution in [1.82, 2.24) is 0 Å². The van der Waals surface area contributed by atoms with Gasteiger partial charge < -0.3 is 4.90 Å². The van der Waals surface area contributed by atoms with Crippen molar-refractivity contribution in [2.45, 2.75) is 0 Å². The number of para-hydroxylation sites is 2. The van der Waals surface area contributed by atoms with Crippen LogP contribution in [-0.2, 0) is 0 Å². The van der Waals surface area contributed by atoms with Gasteiger partial charge in [0, 0.05) is 22.5 Å². The Morgan fingerprint density at radius 3 is 1.44 bits per heavy atom. The largest absolute Gasteiger partial charge is 0.310 e. The number of rotatable bonds is 6. The summed E-state index contributed by atoms with van der Waals surface area (Å²) in [7, 11) is 0. The lowest BCUT2D eigenvalue weighted by Gasteiger charge is -2.29. The van der Waals surface area contributed by atoms with E-state index in [0.29, 0.717) is 0 Å². The molecule has 0 saturated heterocycles. The predicted octanol–water partition coefficient (Wildman–Crippen LogP) is 10.3. The van der Waals surface area contributed by atoms with Gasteiger partial charge in [-0.3, -0.25) is 0 Å². The van der Waals surface area contributed by atoms with Crippen molar-refractivity contribution in [1.29, 1.82) is 0 Å². The van der Waals surface area contributed by atoms with E-state index in [1.54, 1.807) is 34.0 Å². The number of benzene rings is 3. The molecule has 3 heterocycles. The summed E-state index contributed by atoms with van der Waals surface area (Å²) in [6.45, 7) is 0. The monoisotopic (exact) mass is 491 g/mol. The highest BCUT2D eigenvalue weighted by Crippen LogP contribution is 2.49. The summed E-state index contributed by atoms with van der Waals surface area (Å²) in [5.41, 5.74) is 11.0. The molecule has 34 heavy (non-hydrogen) atoms. The van der Waals surface area contributed by atoms with Crippen molar-refractivity contribution in [2.75, 3.05) is 4.90 Å². The van der Waals surface area contributed by atoms with Crippen LogP contribution >= 0.6 is 34.0 Å². The number of hydrogen-bond donors (Lipinski definition) is 0. The maximum Gasteiger partial charge on any atom is 0.0547 e. The van der Waals surface area contributed by atoms with E-state index < -0.39 is 0 Å². The van der Waals surface area contributed by atoms with Gasteiger partial charge in [0.05, 0.1) is 5.69 Å². The average molecular weight is 492 g/mol. The van der Waals surface area contributed by atoms with Gasteiger partial charge >= 0.3 is 0 Å². The van der Waals surface area contributed by atoms with E-state index in [-0.39, 0.29) is 0 Å². The van der Waals surface area contributed by atoms with Crippen LogP contribution in [0.5, 0.6) is 0 Å². The summed E-state index contributed by atoms with van der Waals surface area (Å²) in [5.74, 6) is 0. The van der Waals surface area contributed by atoms with Crippen molar-refractivity contribution in [3.63, 3.8) is 0 Å². The van der Waals surface area contributed by atoms with Crippen LogP contribution in [0.15, 0.2) is 123 Å². The summed E-state index contributed by atoms with van der Waals surface area (Å²) in [6, 6.07) is 32.6. The number of nitrogens with zero attached hydrogens (tertiary/aromatic N) is 1. The molecule has 6 aromatic rings. The first-order valence-electron chi connectivity index (χ1n) is 11.0. The van der Waals surface area contributed by atoms with Crippen LogP contribution in [0.3, 0.4) is 0 Å². The zero-order valence-electron chi connectivity index (χ0n) is 18.3. The first-order valence-corrected chi connectivity index (χ1v) is 13.9. The van der Waals surface area contributed by atoms with Gasteiger partial charge in [-0.25, -0.2) is 0 Å². The van der Waals surface area contributed by atoms with E-state index >= 15 is 0 Å². The van der Waals surface area contributed by atoms with Gasteiger partial charge in [-0.15, -0.1) is 0 Å². The molecule has 0 aliphatic carbocycles. The second-order valence-electron chi connectivity index (χ2n) is 7.92. The summed E-state index contributed by atoms with van der Waals surface area (Å²) < 4.78 is 0. The quantitative estimate of drug-likeness (QED) is 0.224. The van der Waals surface area contributed by atoms with Gasteiger partial charge in [-0.1, -0.05) is 42.5 Å². The van der Waals surface area contributed by atoms with Gasteiger partial charge in [0.2, 0.25) is 0 Å². The van der Waals surface area contributed by atoms with Crippen LogP contribution < -0.4 is 4.90 Å². The van der Waals surface area contributed by atoms with E-state index in [1.165, 1.54) is 39.1 Å². The maximum atomic E-state index is 2.38. The summed E-state index contributed by atoms with van der Waals surface area (Å²) in [4.78, 5) is 2.38. The summed E-state index contributed by atoms with van der Waals surface area (Å²) >= 11 is 5.23. The van der Waals surface area contributed by atoms with Crippen LogP contribution in [0.4, 0.5) is 17.1 Å². The summed E-state index contributed by atoms with van der Waals surface area (Å²) in [6.07, 6.45) is 0. The molecule has 1 nitrogen and oxygen atoms in total. The molecule has 4 heteroatoms. The van der Waals surface area contributed by atoms with Crippen LogP contribution in [0.2, 0.25) is 0 Å². The number of thiophene rings is 3. The molecule has 0 N–H and O–H groups in total. The molecule has 0 spiro atoms. The number of hydrogen-bond acceptors (Lipinski definition) is 4. The van der Waals surface area contributed by atoms with E-state index in [0.717, 1.165) is 11.4 Å². The third-order valence-corrected chi connectivity index (χ3v) is 7.95. The van der Waals surface area contributed by atoms with Gasteiger partial charge in [-0.05, 0) is 103 Å². The molecule has 0 bridgehead atoms. The Morgan fingerprint density at radius 2 is 0.941 bits per heavy atom. The van der Waals surface area contributed by atoms with Crippen LogP contribution in [0.25, 0.3) is 33.4 Å². The fraction of sp³-hybridized carbons (Fsp3) is 0. The SMILES string of the molecule is c1ccc(N(c2ccccc2)c2ccc(-c3ccsc3)c(-c3ccsc3)c2-c2ccsc2)cc1. The normalized spacial score (nSPS) is 10.9. The molecule has 0 aliphatic rings. The minimum absolute atomic E-state index is 1.14. The Morgan fingerprint density at radius 1 is 0.441 bits per heavy atom. The molecule has 0 fully saturated rings. The third-order valence-electron chi connectivity index (χ3n) is 5.90. The standard InChI is InChI=1S/C30H21NS3/c1-3-7-25(8-4-1)31(26-9-5-2-6-10-26)28-12-11-27(22-13-16-32-19-22)29(23-14-17-33-20-23)30(28)24-15-18-34-21-24/h1-21H. The minimum Gasteiger partial charge on any atom is -0.310 e. The van der Waals surface area contributed by atoms with Gasteiger partial charge in [0.1, 0.15) is 0 Å². The molecule has 0 saturated carbocycles. The molecule has 0 aliphatic heterocycles. The maximum absolute atomic E-state index is 2.38. The van der Waals surface area contributed by atoms with Gasteiger partial charge in [0.25, 0.3) is 0 Å².